The number of anilines is 4. The predicted octanol–water partition coefficient (Wildman–Crippen LogP) is 4.62. The van der Waals surface area contributed by atoms with Gasteiger partial charge in [-0.05, 0) is 187 Å². The number of benzene rings is 4. The van der Waals surface area contributed by atoms with Crippen LogP contribution >= 0.6 is 0 Å². The lowest BCUT2D eigenvalue weighted by Gasteiger charge is -2.22. The molecule has 6 atom stereocenters. The van der Waals surface area contributed by atoms with E-state index in [4.69, 9.17) is 47.6 Å². The summed E-state index contributed by atoms with van der Waals surface area (Å²) in [5.74, 6) is -3.96. The lowest BCUT2D eigenvalue weighted by Crippen LogP contribution is -2.44. The molecule has 84 heavy (non-hydrogen) atoms. The van der Waals surface area contributed by atoms with Crippen LogP contribution in [0.3, 0.4) is 0 Å². The van der Waals surface area contributed by atoms with Crippen LogP contribution in [0.2, 0.25) is 0 Å². The van der Waals surface area contributed by atoms with Gasteiger partial charge in [-0.2, -0.15) is 0 Å². The monoisotopic (exact) mass is 1160 g/mol. The fraction of sp³-hybridized carbons (Fsp3) is 0.467. The average molecular weight is 1170 g/mol. The Morgan fingerprint density at radius 3 is 1.13 bits per heavy atom. The Bertz CT molecular complexity index is 2920. The molecule has 24 nitrogen and oxygen atoms in total. The van der Waals surface area contributed by atoms with Gasteiger partial charge in [-0.3, -0.25) is 33.6 Å². The van der Waals surface area contributed by atoms with Crippen molar-refractivity contribution in [2.24, 2.45) is 34.6 Å². The molecule has 0 spiro atoms. The SMILES string of the molecule is COC(=O)c1cc(NC(=O)C(CCCCN)NC(=O)c2cc(NC(=O)C(CCCCN)NC(=O)c3cc(NC(=O)C(CCCCN)NC(=O)c4cc(NC(=O)C(N)CCCCN)ccc4OC)ccc3C3CC3C)ccc2OC)ccc1OC. The molecule has 0 aromatic heterocycles. The summed E-state index contributed by atoms with van der Waals surface area (Å²) in [6.07, 6.45) is 6.33. The van der Waals surface area contributed by atoms with Crippen molar-refractivity contribution in [2.45, 2.75) is 120 Å². The van der Waals surface area contributed by atoms with Crippen LogP contribution in [0.5, 0.6) is 17.2 Å². The number of rotatable bonds is 35. The van der Waals surface area contributed by atoms with Crippen molar-refractivity contribution in [1.82, 2.24) is 16.0 Å². The van der Waals surface area contributed by atoms with Crippen LogP contribution in [-0.2, 0) is 23.9 Å². The van der Waals surface area contributed by atoms with Crippen molar-refractivity contribution in [1.29, 1.82) is 0 Å². The Morgan fingerprint density at radius 2 is 0.774 bits per heavy atom. The number of nitrogens with one attached hydrogen (secondary N) is 7. The first-order chi connectivity index (χ1) is 40.4. The summed E-state index contributed by atoms with van der Waals surface area (Å²) < 4.78 is 21.2. The van der Waals surface area contributed by atoms with Gasteiger partial charge in [-0.25, -0.2) is 4.79 Å². The molecule has 1 aliphatic rings. The van der Waals surface area contributed by atoms with Crippen molar-refractivity contribution < 1.29 is 57.3 Å². The van der Waals surface area contributed by atoms with E-state index in [0.717, 1.165) is 18.4 Å². The van der Waals surface area contributed by atoms with Gasteiger partial charge in [0.2, 0.25) is 23.6 Å². The molecule has 1 saturated carbocycles. The number of carbonyl (C=O) groups excluding carboxylic acids is 8. The molecule has 1 fully saturated rings. The maximum absolute atomic E-state index is 14.6. The molecule has 0 bridgehead atoms. The zero-order chi connectivity index (χ0) is 61.3. The van der Waals surface area contributed by atoms with Gasteiger partial charge in [-0.1, -0.05) is 19.4 Å². The number of hydrogen-bond donors (Lipinski definition) is 12. The maximum atomic E-state index is 14.6. The van der Waals surface area contributed by atoms with Gasteiger partial charge in [0.25, 0.3) is 17.7 Å². The van der Waals surface area contributed by atoms with Crippen LogP contribution in [0.1, 0.15) is 143 Å². The number of methoxy groups -OCH3 is 4. The molecule has 4 aromatic rings. The minimum Gasteiger partial charge on any atom is -0.496 e. The first kappa shape index (κ1) is 66.6. The van der Waals surface area contributed by atoms with E-state index in [-0.39, 0.29) is 87.7 Å². The van der Waals surface area contributed by atoms with E-state index in [1.807, 2.05) is 0 Å². The van der Waals surface area contributed by atoms with Crippen LogP contribution in [0, 0.1) is 5.92 Å². The quantitative estimate of drug-likeness (QED) is 0.0221. The summed E-state index contributed by atoms with van der Waals surface area (Å²) in [6, 6.07) is 14.3. The van der Waals surface area contributed by atoms with Gasteiger partial charge in [0.05, 0.1) is 45.6 Å². The summed E-state index contributed by atoms with van der Waals surface area (Å²) in [6.45, 7) is 3.58. The van der Waals surface area contributed by atoms with Crippen LogP contribution < -0.4 is 80.1 Å². The summed E-state index contributed by atoms with van der Waals surface area (Å²) in [7, 11) is 5.37. The molecule has 0 heterocycles. The summed E-state index contributed by atoms with van der Waals surface area (Å²) in [5, 5.41) is 19.8. The predicted molar refractivity (Wildman–Crippen MR) is 321 cm³/mol. The van der Waals surface area contributed by atoms with Crippen molar-refractivity contribution in [2.75, 3.05) is 75.9 Å². The molecule has 0 saturated heterocycles. The van der Waals surface area contributed by atoms with Gasteiger partial charge >= 0.3 is 5.97 Å². The van der Waals surface area contributed by atoms with Crippen molar-refractivity contribution in [3.05, 3.63) is 101 Å². The molecular weight excluding hydrogens is 1080 g/mol. The molecule has 4 aromatic carbocycles. The standard InChI is InChI=1S/C60H84N12O12/c1-35-30-41(35)40-22-18-36(67-58(78)48(16-8-12-28-63)71-54(74)43-32-37(19-23-50(43)81-2)66-56(76)46(65)14-6-10-26-61)31-42(40)53(73)70-47(15-7-11-27-62)57(77)68-38-20-24-51(82-3)44(33-38)55(75)72-49(17-9-13-29-64)59(79)69-39-21-25-52(83-4)45(34-39)60(80)84-5/h18-25,31-35,41,46-49H,6-17,26-30,61-65H2,1-5H3,(H,66,76)(H,67,78)(H,68,77)(H,69,79)(H,70,73)(H,71,74)(H,72,75). The van der Waals surface area contributed by atoms with E-state index in [9.17, 15) is 38.4 Å². The second kappa shape index (κ2) is 33.8. The van der Waals surface area contributed by atoms with Crippen molar-refractivity contribution in [3.8, 4) is 17.2 Å². The van der Waals surface area contributed by atoms with Crippen LogP contribution in [0.15, 0.2) is 72.8 Å². The van der Waals surface area contributed by atoms with E-state index in [2.05, 4.69) is 44.1 Å². The second-order valence-electron chi connectivity index (χ2n) is 20.6. The minimum atomic E-state index is -1.11. The molecule has 0 radical (unpaired) electrons. The van der Waals surface area contributed by atoms with Gasteiger partial charge in [0, 0.05) is 28.3 Å². The third kappa shape index (κ3) is 19.5. The first-order valence-corrected chi connectivity index (χ1v) is 28.4. The number of amides is 7. The fourth-order valence-electron chi connectivity index (χ4n) is 9.45. The molecular formula is C60H84N12O12. The molecule has 17 N–H and O–H groups in total. The highest BCUT2D eigenvalue weighted by atomic mass is 16.5. The van der Waals surface area contributed by atoms with E-state index < -0.39 is 71.5 Å². The van der Waals surface area contributed by atoms with Crippen molar-refractivity contribution >= 4 is 70.1 Å². The highest BCUT2D eigenvalue weighted by molar-refractivity contribution is 6.07. The first-order valence-electron chi connectivity index (χ1n) is 28.4. The zero-order valence-corrected chi connectivity index (χ0v) is 48.7. The fourth-order valence-corrected chi connectivity index (χ4v) is 9.45. The van der Waals surface area contributed by atoms with Gasteiger partial charge < -0.3 is 84.8 Å². The molecule has 0 aliphatic heterocycles. The smallest absolute Gasteiger partial charge is 0.341 e. The normalized spacial score (nSPS) is 14.7. The summed E-state index contributed by atoms with van der Waals surface area (Å²) >= 11 is 0. The lowest BCUT2D eigenvalue weighted by atomic mass is 9.99. The van der Waals surface area contributed by atoms with Crippen LogP contribution in [-0.4, -0.2) is 126 Å². The number of hydrogen-bond acceptors (Lipinski definition) is 17. The molecule has 24 heteroatoms. The molecule has 7 amide bonds. The molecule has 5 rings (SSSR count). The zero-order valence-electron chi connectivity index (χ0n) is 48.7. The number of esters is 1. The topological polar surface area (TPSA) is 388 Å². The number of carbonyl (C=O) groups is 8. The Hall–Kier alpha value is -8.16. The summed E-state index contributed by atoms with van der Waals surface area (Å²) in [5.41, 5.74) is 31.2. The Labute approximate surface area is 490 Å². The highest BCUT2D eigenvalue weighted by Gasteiger charge is 2.37. The van der Waals surface area contributed by atoms with Gasteiger partial charge in [0.15, 0.2) is 0 Å². The lowest BCUT2D eigenvalue weighted by molar-refractivity contribution is -0.118. The number of nitrogens with two attached hydrogens (primary N) is 5. The molecule has 6 unspecified atom stereocenters. The third-order valence-electron chi connectivity index (χ3n) is 14.4. The Morgan fingerprint density at radius 1 is 0.452 bits per heavy atom. The highest BCUT2D eigenvalue weighted by Crippen LogP contribution is 2.48. The van der Waals surface area contributed by atoms with E-state index in [1.54, 1.807) is 24.3 Å². The average Bonchev–Trinajstić information content (AvgIpc) is 4.03. The van der Waals surface area contributed by atoms with Gasteiger partial charge in [-0.15, -0.1) is 0 Å². The van der Waals surface area contributed by atoms with E-state index >= 15 is 0 Å². The number of ether oxygens (including phenoxy) is 4. The van der Waals surface area contributed by atoms with E-state index in [0.29, 0.717) is 83.2 Å². The van der Waals surface area contributed by atoms with Gasteiger partial charge in [0.1, 0.15) is 40.9 Å². The minimum absolute atomic E-state index is 0.0123. The van der Waals surface area contributed by atoms with Crippen LogP contribution in [0.4, 0.5) is 22.7 Å². The summed E-state index contributed by atoms with van der Waals surface area (Å²) in [4.78, 5) is 111. The molecule has 456 valence electrons. The largest absolute Gasteiger partial charge is 0.496 e. The van der Waals surface area contributed by atoms with Crippen LogP contribution in [0.25, 0.3) is 0 Å². The van der Waals surface area contributed by atoms with Crippen molar-refractivity contribution in [3.63, 3.8) is 0 Å². The Balaban J connectivity index is 1.36. The third-order valence-corrected chi connectivity index (χ3v) is 14.4. The van der Waals surface area contributed by atoms with E-state index in [1.165, 1.54) is 77.0 Å². The molecule has 1 aliphatic carbocycles. The second-order valence-corrected chi connectivity index (χ2v) is 20.6. The Kier molecular flexibility index (Phi) is 26.8. The number of unbranched alkanes of at least 4 members (excludes halogenated alkanes) is 4. The maximum Gasteiger partial charge on any atom is 0.341 e.